The van der Waals surface area contributed by atoms with Crippen molar-refractivity contribution in [2.45, 2.75) is 32.1 Å². The van der Waals surface area contributed by atoms with E-state index in [1.54, 1.807) is 0 Å². The van der Waals surface area contributed by atoms with E-state index in [0.717, 1.165) is 0 Å². The van der Waals surface area contributed by atoms with Crippen LogP contribution in [0.3, 0.4) is 0 Å². The molecule has 166 valence electrons. The Morgan fingerprint density at radius 2 is 2.00 bits per heavy atom. The predicted octanol–water partition coefficient (Wildman–Crippen LogP) is 1.59. The number of aliphatic hydroxyl groups excluding tert-OH is 2. The van der Waals surface area contributed by atoms with Gasteiger partial charge in [-0.05, 0) is 31.5 Å². The SMILES string of the molecule is CC(C)(O)[C@@H](NC(=O)Nc1cc2[nH]nc(OCCO)c2c(CO)n1)c1ccc(F)cc1. The summed E-state index contributed by atoms with van der Waals surface area (Å²) in [4.78, 5) is 16.8. The third-order valence-corrected chi connectivity index (χ3v) is 4.49. The number of rotatable bonds is 8. The number of carbonyl (C=O) groups excluding carboxylic acids is 1. The number of ether oxygens (including phenoxy) is 1. The van der Waals surface area contributed by atoms with Crippen molar-refractivity contribution in [3.05, 3.63) is 47.4 Å². The Labute approximate surface area is 177 Å². The molecule has 0 saturated carbocycles. The van der Waals surface area contributed by atoms with Crippen LogP contribution in [-0.2, 0) is 6.61 Å². The first-order chi connectivity index (χ1) is 14.7. The second-order valence-corrected chi connectivity index (χ2v) is 7.37. The van der Waals surface area contributed by atoms with Gasteiger partial charge < -0.3 is 25.4 Å². The molecule has 10 nitrogen and oxygen atoms in total. The molecule has 0 radical (unpaired) electrons. The van der Waals surface area contributed by atoms with Crippen molar-refractivity contribution < 1.29 is 29.2 Å². The molecule has 11 heteroatoms. The minimum absolute atomic E-state index is 0.0228. The summed E-state index contributed by atoms with van der Waals surface area (Å²) >= 11 is 0. The molecule has 2 heterocycles. The van der Waals surface area contributed by atoms with E-state index < -0.39 is 30.1 Å². The molecule has 6 N–H and O–H groups in total. The molecule has 3 rings (SSSR count). The number of hydrogen-bond donors (Lipinski definition) is 6. The highest BCUT2D eigenvalue weighted by atomic mass is 19.1. The Kier molecular flexibility index (Phi) is 6.68. The van der Waals surface area contributed by atoms with Gasteiger partial charge in [-0.3, -0.25) is 10.4 Å². The van der Waals surface area contributed by atoms with E-state index in [1.807, 2.05) is 0 Å². The maximum absolute atomic E-state index is 13.2. The molecule has 2 aromatic heterocycles. The van der Waals surface area contributed by atoms with Gasteiger partial charge in [0.15, 0.2) is 0 Å². The van der Waals surface area contributed by atoms with Crippen molar-refractivity contribution in [1.29, 1.82) is 0 Å². The van der Waals surface area contributed by atoms with Crippen LogP contribution in [0.4, 0.5) is 15.0 Å². The zero-order valence-electron chi connectivity index (χ0n) is 17.0. The first-order valence-corrected chi connectivity index (χ1v) is 9.50. The summed E-state index contributed by atoms with van der Waals surface area (Å²) in [5, 5.41) is 41.4. The van der Waals surface area contributed by atoms with E-state index in [2.05, 4.69) is 25.8 Å². The number of halogens is 1. The number of pyridine rings is 1. The molecule has 0 unspecified atom stereocenters. The van der Waals surface area contributed by atoms with Crippen molar-refractivity contribution in [1.82, 2.24) is 20.5 Å². The highest BCUT2D eigenvalue weighted by Gasteiger charge is 2.30. The largest absolute Gasteiger partial charge is 0.474 e. The first kappa shape index (κ1) is 22.4. The van der Waals surface area contributed by atoms with E-state index in [0.29, 0.717) is 16.5 Å². The molecule has 0 spiro atoms. The van der Waals surface area contributed by atoms with Gasteiger partial charge in [0.25, 0.3) is 0 Å². The minimum Gasteiger partial charge on any atom is -0.474 e. The van der Waals surface area contributed by atoms with E-state index in [9.17, 15) is 19.4 Å². The highest BCUT2D eigenvalue weighted by Crippen LogP contribution is 2.29. The van der Waals surface area contributed by atoms with E-state index >= 15 is 0 Å². The summed E-state index contributed by atoms with van der Waals surface area (Å²) in [5.41, 5.74) is -0.153. The van der Waals surface area contributed by atoms with E-state index in [4.69, 9.17) is 9.84 Å². The molecular weight excluding hydrogens is 409 g/mol. The Balaban J connectivity index is 1.82. The molecular formula is C20H24FN5O5. The van der Waals surface area contributed by atoms with Gasteiger partial charge in [0.05, 0.1) is 41.5 Å². The van der Waals surface area contributed by atoms with Gasteiger partial charge in [-0.25, -0.2) is 14.2 Å². The number of H-pyrrole nitrogens is 1. The van der Waals surface area contributed by atoms with Crippen molar-refractivity contribution in [3.63, 3.8) is 0 Å². The zero-order chi connectivity index (χ0) is 22.6. The van der Waals surface area contributed by atoms with Crippen LogP contribution in [-0.4, -0.2) is 55.3 Å². The van der Waals surface area contributed by atoms with Crippen molar-refractivity contribution in [3.8, 4) is 5.88 Å². The third kappa shape index (κ3) is 5.26. The van der Waals surface area contributed by atoms with Crippen molar-refractivity contribution in [2.75, 3.05) is 18.5 Å². The van der Waals surface area contributed by atoms with Gasteiger partial charge in [0.2, 0.25) is 5.88 Å². The molecule has 2 amide bonds. The Morgan fingerprint density at radius 1 is 1.29 bits per heavy atom. The molecule has 0 aliphatic carbocycles. The molecule has 3 aromatic rings. The summed E-state index contributed by atoms with van der Waals surface area (Å²) in [5.74, 6) is -0.131. The van der Waals surface area contributed by atoms with Crippen molar-refractivity contribution in [2.24, 2.45) is 0 Å². The summed E-state index contributed by atoms with van der Waals surface area (Å²) in [6.45, 7) is 2.42. The standard InChI is InChI=1S/C20H24FN5O5/c1-20(2,30)17(11-3-5-12(21)6-4-11)24-19(29)23-15-9-13-16(14(10-28)22-15)18(26-25-13)31-8-7-27/h3-6,9,17,27-28,30H,7-8,10H2,1-2H3,(H,25,26)(H2,22,23,24,29)/t17-/m0/s1. The van der Waals surface area contributed by atoms with Crippen LogP contribution < -0.4 is 15.4 Å². The number of nitrogens with one attached hydrogen (secondary N) is 3. The second-order valence-electron chi connectivity index (χ2n) is 7.37. The normalized spacial score (nSPS) is 12.6. The summed E-state index contributed by atoms with van der Waals surface area (Å²) < 4.78 is 18.6. The Hall–Kier alpha value is -3.28. The number of urea groups is 1. The smallest absolute Gasteiger partial charge is 0.320 e. The lowest BCUT2D eigenvalue weighted by Crippen LogP contribution is -2.44. The Morgan fingerprint density at radius 3 is 2.61 bits per heavy atom. The second kappa shape index (κ2) is 9.25. The molecule has 0 bridgehead atoms. The van der Waals surface area contributed by atoms with Crippen LogP contribution in [0, 0.1) is 5.82 Å². The lowest BCUT2D eigenvalue weighted by molar-refractivity contribution is 0.0415. The summed E-state index contributed by atoms with van der Waals surface area (Å²) in [6.07, 6.45) is 0. The van der Waals surface area contributed by atoms with Crippen LogP contribution >= 0.6 is 0 Å². The molecule has 1 atom stereocenters. The maximum Gasteiger partial charge on any atom is 0.320 e. The van der Waals surface area contributed by atoms with Crippen LogP contribution in [0.2, 0.25) is 0 Å². The van der Waals surface area contributed by atoms with Crippen molar-refractivity contribution >= 4 is 22.8 Å². The number of aliphatic hydroxyl groups is 3. The van der Waals surface area contributed by atoms with Gasteiger partial charge in [-0.15, -0.1) is 5.10 Å². The maximum atomic E-state index is 13.2. The van der Waals surface area contributed by atoms with Crippen LogP contribution in [0.1, 0.15) is 31.1 Å². The quantitative estimate of drug-likeness (QED) is 0.315. The van der Waals surface area contributed by atoms with Crippen LogP contribution in [0.25, 0.3) is 10.9 Å². The topological polar surface area (TPSA) is 153 Å². The van der Waals surface area contributed by atoms with Crippen LogP contribution in [0.15, 0.2) is 30.3 Å². The average molecular weight is 433 g/mol. The number of fused-ring (bicyclic) bond motifs is 1. The van der Waals surface area contributed by atoms with E-state index in [-0.39, 0.29) is 30.6 Å². The van der Waals surface area contributed by atoms with Gasteiger partial charge in [-0.1, -0.05) is 12.1 Å². The van der Waals surface area contributed by atoms with Gasteiger partial charge in [0, 0.05) is 6.07 Å². The summed E-state index contributed by atoms with van der Waals surface area (Å²) in [6, 6.07) is 5.44. The molecule has 0 fully saturated rings. The van der Waals surface area contributed by atoms with E-state index in [1.165, 1.54) is 44.2 Å². The number of benzene rings is 1. The summed E-state index contributed by atoms with van der Waals surface area (Å²) in [7, 11) is 0. The Bertz CT molecular complexity index is 1050. The monoisotopic (exact) mass is 433 g/mol. The number of amides is 2. The fourth-order valence-corrected chi connectivity index (χ4v) is 3.12. The zero-order valence-corrected chi connectivity index (χ0v) is 17.0. The van der Waals surface area contributed by atoms with Gasteiger partial charge in [-0.2, -0.15) is 0 Å². The number of hydrogen-bond acceptors (Lipinski definition) is 7. The lowest BCUT2D eigenvalue weighted by Gasteiger charge is -2.30. The number of aromatic nitrogens is 3. The first-order valence-electron chi connectivity index (χ1n) is 9.50. The van der Waals surface area contributed by atoms with Gasteiger partial charge >= 0.3 is 6.03 Å². The third-order valence-electron chi connectivity index (χ3n) is 4.49. The fraction of sp³-hybridized carbons (Fsp3) is 0.350. The molecule has 1 aromatic carbocycles. The fourth-order valence-electron chi connectivity index (χ4n) is 3.12. The predicted molar refractivity (Wildman–Crippen MR) is 110 cm³/mol. The minimum atomic E-state index is -1.34. The lowest BCUT2D eigenvalue weighted by atomic mass is 9.92. The molecule has 0 aliphatic rings. The van der Waals surface area contributed by atoms with Gasteiger partial charge in [0.1, 0.15) is 18.2 Å². The highest BCUT2D eigenvalue weighted by molar-refractivity contribution is 5.93. The number of carbonyl (C=O) groups is 1. The van der Waals surface area contributed by atoms with Crippen LogP contribution in [0.5, 0.6) is 5.88 Å². The number of nitrogens with zero attached hydrogens (tertiary/aromatic N) is 2. The molecule has 31 heavy (non-hydrogen) atoms. The molecule has 0 saturated heterocycles. The number of aromatic amines is 1. The molecule has 0 aliphatic heterocycles. The number of anilines is 1. The average Bonchev–Trinajstić information content (AvgIpc) is 3.12.